The van der Waals surface area contributed by atoms with E-state index in [4.69, 9.17) is 19.3 Å². The summed E-state index contributed by atoms with van der Waals surface area (Å²) in [6, 6.07) is 30.5. The minimum absolute atomic E-state index is 0.110. The van der Waals surface area contributed by atoms with E-state index in [1.807, 2.05) is 75.4 Å². The monoisotopic (exact) mass is 625 g/mol. The summed E-state index contributed by atoms with van der Waals surface area (Å²) in [5.74, 6) is -1.18. The summed E-state index contributed by atoms with van der Waals surface area (Å²) in [6.07, 6.45) is 2.46. The predicted molar refractivity (Wildman–Crippen MR) is 176 cm³/mol. The number of hydrogen-bond donors (Lipinski definition) is 1. The summed E-state index contributed by atoms with van der Waals surface area (Å²) in [6.45, 7) is 7.29. The average molecular weight is 626 g/mol. The lowest BCUT2D eigenvalue weighted by Crippen LogP contribution is -2.43. The molecular weight excluding hydrogens is 586 g/mol. The molecule has 234 valence electrons. The summed E-state index contributed by atoms with van der Waals surface area (Å²) in [4.78, 5) is 37.2. The van der Waals surface area contributed by atoms with Gasteiger partial charge in [0.15, 0.2) is 5.13 Å². The Morgan fingerprint density at radius 1 is 0.867 bits per heavy atom. The molecule has 1 fully saturated rings. The number of aromatic nitrogens is 1. The molecule has 0 aliphatic heterocycles. The molecule has 4 aromatic rings. The molecule has 45 heavy (non-hydrogen) atoms. The Kier molecular flexibility index (Phi) is 9.68. The number of carbonyl (C=O) groups excluding carboxylic acids is 2. The number of ether oxygens (including phenoxy) is 2. The van der Waals surface area contributed by atoms with Crippen LogP contribution in [0.3, 0.4) is 0 Å². The molecule has 1 heterocycles. The number of carbonyl (C=O) groups is 2. The molecule has 0 spiro atoms. The maximum atomic E-state index is 13.2. The number of anilines is 1. The molecule has 0 unspecified atom stereocenters. The van der Waals surface area contributed by atoms with E-state index in [0.717, 1.165) is 29.5 Å². The van der Waals surface area contributed by atoms with E-state index in [-0.39, 0.29) is 18.0 Å². The van der Waals surface area contributed by atoms with Crippen molar-refractivity contribution in [2.75, 3.05) is 11.9 Å². The van der Waals surface area contributed by atoms with E-state index in [2.05, 4.69) is 46.9 Å². The second-order valence-electron chi connectivity index (χ2n) is 12.0. The molecule has 0 amide bonds. The lowest BCUT2D eigenvalue weighted by Gasteiger charge is -2.36. The van der Waals surface area contributed by atoms with Gasteiger partial charge in [0.2, 0.25) is 11.3 Å². The van der Waals surface area contributed by atoms with Gasteiger partial charge in [-0.15, -0.1) is 11.3 Å². The average Bonchev–Trinajstić information content (AvgIpc) is 3.72. The second-order valence-corrected chi connectivity index (χ2v) is 12.8. The van der Waals surface area contributed by atoms with Crippen molar-refractivity contribution in [3.05, 3.63) is 119 Å². The third-order valence-corrected chi connectivity index (χ3v) is 8.38. The van der Waals surface area contributed by atoms with E-state index in [1.54, 1.807) is 12.3 Å². The first-order valence-corrected chi connectivity index (χ1v) is 16.1. The molecule has 9 heteroatoms. The molecule has 1 aliphatic rings. The van der Waals surface area contributed by atoms with Gasteiger partial charge < -0.3 is 19.6 Å². The fraction of sp³-hybridized carbons (Fsp3) is 0.333. The molecule has 1 N–H and O–H groups in total. The highest BCUT2D eigenvalue weighted by Gasteiger charge is 2.47. The molecular formula is C36H39N3O5S. The van der Waals surface area contributed by atoms with Gasteiger partial charge in [0.05, 0.1) is 6.61 Å². The summed E-state index contributed by atoms with van der Waals surface area (Å²) < 4.78 is 11.0. The van der Waals surface area contributed by atoms with Crippen LogP contribution >= 0.6 is 11.3 Å². The fourth-order valence-electron chi connectivity index (χ4n) is 5.55. The van der Waals surface area contributed by atoms with Crippen molar-refractivity contribution in [2.24, 2.45) is 5.16 Å². The maximum Gasteiger partial charge on any atom is 0.362 e. The molecule has 1 saturated carbocycles. The molecule has 0 radical (unpaired) electrons. The smallest absolute Gasteiger partial charge is 0.362 e. The lowest BCUT2D eigenvalue weighted by molar-refractivity contribution is -0.183. The van der Waals surface area contributed by atoms with Crippen molar-refractivity contribution in [2.45, 2.75) is 70.1 Å². The first kappa shape index (κ1) is 31.9. The number of esters is 2. The predicted octanol–water partition coefficient (Wildman–Crippen LogP) is 7.49. The van der Waals surface area contributed by atoms with Gasteiger partial charge in [0.25, 0.3) is 0 Å². The normalized spacial score (nSPS) is 14.9. The number of hydrogen-bond acceptors (Lipinski definition) is 9. The number of oxime groups is 1. The number of thiazole rings is 1. The van der Waals surface area contributed by atoms with Crippen LogP contribution in [0.2, 0.25) is 0 Å². The Labute approximate surface area is 268 Å². The molecule has 1 aromatic heterocycles. The minimum atomic E-state index is -1.27. The Hall–Kier alpha value is -4.50. The van der Waals surface area contributed by atoms with Gasteiger partial charge in [-0.3, -0.25) is 0 Å². The van der Waals surface area contributed by atoms with E-state index >= 15 is 0 Å². The van der Waals surface area contributed by atoms with Gasteiger partial charge in [0.1, 0.15) is 16.8 Å². The van der Waals surface area contributed by atoms with E-state index in [1.165, 1.54) is 11.3 Å². The van der Waals surface area contributed by atoms with Crippen LogP contribution in [-0.2, 0) is 29.4 Å². The van der Waals surface area contributed by atoms with Gasteiger partial charge in [-0.1, -0.05) is 96.2 Å². The highest BCUT2D eigenvalue weighted by atomic mass is 32.1. The van der Waals surface area contributed by atoms with Crippen molar-refractivity contribution in [3.63, 3.8) is 0 Å². The number of benzene rings is 3. The highest BCUT2D eigenvalue weighted by molar-refractivity contribution is 7.14. The fourth-order valence-corrected chi connectivity index (χ4v) is 6.30. The SMILES string of the molecule is CCOC(=O)C(=NOC1(C(=O)OC(C)(C)C)CCCC1)c1csc(NC(c2ccccc2)(c2ccccc2)c2ccccc2)n1. The minimum Gasteiger partial charge on any atom is -0.461 e. The highest BCUT2D eigenvalue weighted by Crippen LogP contribution is 2.41. The van der Waals surface area contributed by atoms with Crippen LogP contribution < -0.4 is 5.32 Å². The number of nitrogens with one attached hydrogen (secondary N) is 1. The van der Waals surface area contributed by atoms with Crippen LogP contribution in [0.25, 0.3) is 0 Å². The van der Waals surface area contributed by atoms with Crippen LogP contribution in [0.4, 0.5) is 5.13 Å². The van der Waals surface area contributed by atoms with Crippen molar-refractivity contribution < 1.29 is 23.9 Å². The van der Waals surface area contributed by atoms with Crippen LogP contribution in [-0.4, -0.2) is 40.4 Å². The zero-order valence-corrected chi connectivity index (χ0v) is 26.9. The van der Waals surface area contributed by atoms with Gasteiger partial charge in [-0.2, -0.15) is 0 Å². The van der Waals surface area contributed by atoms with Crippen LogP contribution in [0.15, 0.2) is 102 Å². The van der Waals surface area contributed by atoms with Gasteiger partial charge in [-0.05, 0) is 57.2 Å². The standard InChI is InChI=1S/C36H39N3O5S/c1-5-42-31(40)30(39-44-35(23-15-16-24-35)32(41)43-34(2,3)4)29-25-45-33(37-29)38-36(26-17-9-6-10-18-26,27-19-11-7-12-20-27)28-21-13-8-14-22-28/h6-14,17-22,25H,5,15-16,23-24H2,1-4H3,(H,37,38). The molecule has 1 aliphatic carbocycles. The third kappa shape index (κ3) is 7.09. The van der Waals surface area contributed by atoms with Crippen molar-refractivity contribution in [1.29, 1.82) is 0 Å². The third-order valence-electron chi connectivity index (χ3n) is 7.62. The molecule has 3 aromatic carbocycles. The van der Waals surface area contributed by atoms with Gasteiger partial charge in [-0.25, -0.2) is 14.6 Å². The molecule has 8 nitrogen and oxygen atoms in total. The second kappa shape index (κ2) is 13.6. The Balaban J connectivity index is 1.55. The van der Waals surface area contributed by atoms with E-state index < -0.39 is 28.7 Å². The summed E-state index contributed by atoms with van der Waals surface area (Å²) in [5.41, 5.74) is 0.447. The van der Waals surface area contributed by atoms with Crippen LogP contribution in [0, 0.1) is 0 Å². The molecule has 0 saturated heterocycles. The van der Waals surface area contributed by atoms with Crippen molar-refractivity contribution >= 4 is 34.1 Å². The zero-order chi connectivity index (χ0) is 31.9. The molecule has 0 bridgehead atoms. The molecule has 5 rings (SSSR count). The zero-order valence-electron chi connectivity index (χ0n) is 26.1. The van der Waals surface area contributed by atoms with Gasteiger partial charge >= 0.3 is 11.9 Å². The maximum absolute atomic E-state index is 13.2. The quantitative estimate of drug-likeness (QED) is 0.0798. The largest absolute Gasteiger partial charge is 0.461 e. The van der Waals surface area contributed by atoms with Crippen LogP contribution in [0.1, 0.15) is 75.8 Å². The summed E-state index contributed by atoms with van der Waals surface area (Å²) >= 11 is 1.34. The topological polar surface area (TPSA) is 99.1 Å². The Morgan fingerprint density at radius 2 is 1.38 bits per heavy atom. The first-order valence-electron chi connectivity index (χ1n) is 15.2. The number of rotatable bonds is 11. The van der Waals surface area contributed by atoms with Crippen LogP contribution in [0.5, 0.6) is 0 Å². The van der Waals surface area contributed by atoms with E-state index in [9.17, 15) is 9.59 Å². The Morgan fingerprint density at radius 3 is 1.84 bits per heavy atom. The van der Waals surface area contributed by atoms with Crippen molar-refractivity contribution in [3.8, 4) is 0 Å². The molecule has 0 atom stereocenters. The lowest BCUT2D eigenvalue weighted by atomic mass is 9.77. The van der Waals surface area contributed by atoms with Gasteiger partial charge in [0, 0.05) is 18.2 Å². The first-order chi connectivity index (χ1) is 21.7. The Bertz CT molecular complexity index is 1510. The van der Waals surface area contributed by atoms with Crippen molar-refractivity contribution in [1.82, 2.24) is 4.98 Å². The summed E-state index contributed by atoms with van der Waals surface area (Å²) in [7, 11) is 0. The number of nitrogens with zero attached hydrogens (tertiary/aromatic N) is 2. The summed E-state index contributed by atoms with van der Waals surface area (Å²) in [5, 5.41) is 10.3. The van der Waals surface area contributed by atoms with E-state index in [0.29, 0.717) is 18.0 Å².